The van der Waals surface area contributed by atoms with Crippen molar-refractivity contribution in [3.63, 3.8) is 0 Å². The Balaban J connectivity index is 2.10. The molecule has 1 nitrogen and oxygen atoms in total. The van der Waals surface area contributed by atoms with Crippen LogP contribution in [-0.2, 0) is 6.54 Å². The standard InChI is InChI=1S/C22H21N/c1-5-7-11-21-15-22(13-12-17(21)3)18(4)23-16-20-10-8-9-19(6-2)14-20/h2,5,7-15,23H,1,4,16H2,3H3/b11-7-. The van der Waals surface area contributed by atoms with Gasteiger partial charge in [-0.1, -0.05) is 61.6 Å². The Kier molecular flexibility index (Phi) is 5.61. The molecule has 0 saturated carbocycles. The van der Waals surface area contributed by atoms with E-state index in [-0.39, 0.29) is 0 Å². The molecule has 0 unspecified atom stereocenters. The average Bonchev–Trinajstić information content (AvgIpc) is 2.59. The molecule has 2 rings (SSSR count). The second-order valence-corrected chi connectivity index (χ2v) is 5.34. The van der Waals surface area contributed by atoms with E-state index in [4.69, 9.17) is 6.42 Å². The van der Waals surface area contributed by atoms with Gasteiger partial charge in [-0.3, -0.25) is 0 Å². The fourth-order valence-corrected chi connectivity index (χ4v) is 2.26. The van der Waals surface area contributed by atoms with E-state index in [1.54, 1.807) is 6.08 Å². The van der Waals surface area contributed by atoms with Crippen LogP contribution in [0.3, 0.4) is 0 Å². The maximum Gasteiger partial charge on any atom is 0.0401 e. The molecule has 2 aromatic carbocycles. The number of benzene rings is 2. The highest BCUT2D eigenvalue weighted by molar-refractivity contribution is 5.67. The van der Waals surface area contributed by atoms with E-state index in [0.717, 1.165) is 22.4 Å². The fourth-order valence-electron chi connectivity index (χ4n) is 2.26. The van der Waals surface area contributed by atoms with Crippen LogP contribution in [0.2, 0.25) is 0 Å². The quantitative estimate of drug-likeness (QED) is 0.588. The highest BCUT2D eigenvalue weighted by atomic mass is 14.9. The van der Waals surface area contributed by atoms with Gasteiger partial charge in [0.05, 0.1) is 0 Å². The third kappa shape index (κ3) is 4.49. The van der Waals surface area contributed by atoms with Gasteiger partial charge in [-0.05, 0) is 47.4 Å². The first kappa shape index (κ1) is 16.4. The number of aryl methyl sites for hydroxylation is 1. The van der Waals surface area contributed by atoms with E-state index in [2.05, 4.69) is 61.7 Å². The van der Waals surface area contributed by atoms with E-state index >= 15 is 0 Å². The smallest absolute Gasteiger partial charge is 0.0401 e. The van der Waals surface area contributed by atoms with Gasteiger partial charge in [0.25, 0.3) is 0 Å². The fraction of sp³-hybridized carbons (Fsp3) is 0.0909. The largest absolute Gasteiger partial charge is 0.381 e. The summed E-state index contributed by atoms with van der Waals surface area (Å²) in [6.45, 7) is 10.6. The van der Waals surface area contributed by atoms with Crippen LogP contribution in [0.5, 0.6) is 0 Å². The van der Waals surface area contributed by atoms with Gasteiger partial charge in [0, 0.05) is 17.8 Å². The van der Waals surface area contributed by atoms with Crippen molar-refractivity contribution >= 4 is 11.8 Å². The normalized spacial score (nSPS) is 10.3. The Labute approximate surface area is 139 Å². The highest BCUT2D eigenvalue weighted by Crippen LogP contribution is 2.18. The summed E-state index contributed by atoms with van der Waals surface area (Å²) in [7, 11) is 0. The van der Waals surface area contributed by atoms with E-state index < -0.39 is 0 Å². The molecule has 0 aliphatic carbocycles. The lowest BCUT2D eigenvalue weighted by molar-refractivity contribution is 0.891. The van der Waals surface area contributed by atoms with Gasteiger partial charge in [-0.2, -0.15) is 0 Å². The Bertz CT molecular complexity index is 788. The maximum atomic E-state index is 5.44. The van der Waals surface area contributed by atoms with Crippen LogP contribution in [0.1, 0.15) is 27.8 Å². The monoisotopic (exact) mass is 299 g/mol. The average molecular weight is 299 g/mol. The molecule has 2 aromatic rings. The molecule has 23 heavy (non-hydrogen) atoms. The minimum Gasteiger partial charge on any atom is -0.381 e. The summed E-state index contributed by atoms with van der Waals surface area (Å²) in [6, 6.07) is 14.3. The second-order valence-electron chi connectivity index (χ2n) is 5.34. The van der Waals surface area contributed by atoms with Crippen LogP contribution in [-0.4, -0.2) is 0 Å². The highest BCUT2D eigenvalue weighted by Gasteiger charge is 2.02. The Hall–Kier alpha value is -2.98. The van der Waals surface area contributed by atoms with Gasteiger partial charge in [-0.15, -0.1) is 6.42 Å². The molecule has 0 aliphatic rings. The molecule has 0 spiro atoms. The first-order valence-corrected chi connectivity index (χ1v) is 7.52. The van der Waals surface area contributed by atoms with E-state index in [9.17, 15) is 0 Å². The first-order chi connectivity index (χ1) is 11.1. The Morgan fingerprint density at radius 3 is 2.83 bits per heavy atom. The summed E-state index contributed by atoms with van der Waals surface area (Å²) in [5.74, 6) is 2.65. The van der Waals surface area contributed by atoms with E-state index in [0.29, 0.717) is 6.54 Å². The van der Waals surface area contributed by atoms with Crippen molar-refractivity contribution in [1.29, 1.82) is 0 Å². The van der Waals surface area contributed by atoms with Crippen LogP contribution in [0.25, 0.3) is 11.8 Å². The lowest BCUT2D eigenvalue weighted by Gasteiger charge is -2.12. The van der Waals surface area contributed by atoms with Crippen molar-refractivity contribution in [2.24, 2.45) is 0 Å². The summed E-state index contributed by atoms with van der Waals surface area (Å²) in [6.07, 6.45) is 11.2. The molecule has 0 amide bonds. The Morgan fingerprint density at radius 2 is 2.09 bits per heavy atom. The van der Waals surface area contributed by atoms with Crippen molar-refractivity contribution in [2.75, 3.05) is 0 Å². The third-order valence-corrected chi connectivity index (χ3v) is 3.64. The number of terminal acetylenes is 1. The van der Waals surface area contributed by atoms with Crippen LogP contribution >= 0.6 is 0 Å². The molecule has 0 bridgehead atoms. The van der Waals surface area contributed by atoms with Gasteiger partial charge < -0.3 is 5.32 Å². The maximum absolute atomic E-state index is 5.44. The van der Waals surface area contributed by atoms with Crippen molar-refractivity contribution in [3.05, 3.63) is 95.6 Å². The topological polar surface area (TPSA) is 12.0 Å². The molecule has 0 atom stereocenters. The molecule has 1 N–H and O–H groups in total. The van der Waals surface area contributed by atoms with Crippen molar-refractivity contribution in [2.45, 2.75) is 13.5 Å². The first-order valence-electron chi connectivity index (χ1n) is 7.52. The molecule has 0 aliphatic heterocycles. The number of rotatable bonds is 6. The van der Waals surface area contributed by atoms with Gasteiger partial charge >= 0.3 is 0 Å². The van der Waals surface area contributed by atoms with Crippen LogP contribution in [0.15, 0.2) is 67.8 Å². The molecule has 114 valence electrons. The summed E-state index contributed by atoms with van der Waals surface area (Å²) < 4.78 is 0. The second kappa shape index (κ2) is 7.87. The zero-order valence-corrected chi connectivity index (χ0v) is 13.5. The zero-order chi connectivity index (χ0) is 16.7. The number of allylic oxidation sites excluding steroid dienone is 2. The Morgan fingerprint density at radius 1 is 1.26 bits per heavy atom. The SMILES string of the molecule is C#Cc1cccc(CNC(=C)c2ccc(C)c(/C=C\C=C)c2)c1. The van der Waals surface area contributed by atoms with Crippen LogP contribution < -0.4 is 5.32 Å². The van der Waals surface area contributed by atoms with Gasteiger partial charge in [0.1, 0.15) is 0 Å². The molecule has 0 saturated heterocycles. The minimum atomic E-state index is 0.695. The van der Waals surface area contributed by atoms with E-state index in [1.807, 2.05) is 24.3 Å². The molecule has 0 aromatic heterocycles. The molecule has 0 radical (unpaired) electrons. The molecule has 1 heteroatoms. The van der Waals surface area contributed by atoms with Gasteiger partial charge in [0.2, 0.25) is 0 Å². The summed E-state index contributed by atoms with van der Waals surface area (Å²) in [5, 5.41) is 3.36. The van der Waals surface area contributed by atoms with Crippen LogP contribution in [0, 0.1) is 19.3 Å². The summed E-state index contributed by atoms with van der Waals surface area (Å²) in [5.41, 5.74) is 6.39. The summed E-state index contributed by atoms with van der Waals surface area (Å²) >= 11 is 0. The third-order valence-electron chi connectivity index (χ3n) is 3.64. The molecular weight excluding hydrogens is 278 g/mol. The summed E-state index contributed by atoms with van der Waals surface area (Å²) in [4.78, 5) is 0. The molecule has 0 fully saturated rings. The number of hydrogen-bond acceptors (Lipinski definition) is 1. The van der Waals surface area contributed by atoms with Gasteiger partial charge in [-0.25, -0.2) is 0 Å². The van der Waals surface area contributed by atoms with Crippen LogP contribution in [0.4, 0.5) is 0 Å². The molecule has 0 heterocycles. The lowest BCUT2D eigenvalue weighted by atomic mass is 10.0. The van der Waals surface area contributed by atoms with Crippen molar-refractivity contribution in [1.82, 2.24) is 5.32 Å². The van der Waals surface area contributed by atoms with Crippen molar-refractivity contribution in [3.8, 4) is 12.3 Å². The number of hydrogen-bond donors (Lipinski definition) is 1. The van der Waals surface area contributed by atoms with Crippen molar-refractivity contribution < 1.29 is 0 Å². The molecular formula is C22H21N. The van der Waals surface area contributed by atoms with Gasteiger partial charge in [0.15, 0.2) is 0 Å². The predicted molar refractivity (Wildman–Crippen MR) is 101 cm³/mol. The minimum absolute atomic E-state index is 0.695. The predicted octanol–water partition coefficient (Wildman–Crippen LogP) is 4.94. The lowest BCUT2D eigenvalue weighted by Crippen LogP contribution is -2.11. The zero-order valence-electron chi connectivity index (χ0n) is 13.5. The van der Waals surface area contributed by atoms with E-state index in [1.165, 1.54) is 11.1 Å². The number of nitrogens with one attached hydrogen (secondary N) is 1.